The highest BCUT2D eigenvalue weighted by Gasteiger charge is 2.30. The van der Waals surface area contributed by atoms with Crippen LogP contribution in [0.3, 0.4) is 0 Å². The monoisotopic (exact) mass is 250 g/mol. The van der Waals surface area contributed by atoms with E-state index < -0.39 is 0 Å². The van der Waals surface area contributed by atoms with Crippen molar-refractivity contribution in [2.75, 3.05) is 11.5 Å². The van der Waals surface area contributed by atoms with E-state index >= 15 is 0 Å². The average molecular weight is 250 g/mol. The maximum atomic E-state index is 13.2. The molecule has 1 unspecified atom stereocenters. The van der Waals surface area contributed by atoms with Gasteiger partial charge in [0.25, 0.3) is 0 Å². The van der Waals surface area contributed by atoms with E-state index in [2.05, 4.69) is 4.90 Å². The Labute approximate surface area is 105 Å². The van der Waals surface area contributed by atoms with Crippen molar-refractivity contribution in [1.82, 2.24) is 4.90 Å². The van der Waals surface area contributed by atoms with Crippen LogP contribution in [0.5, 0.6) is 0 Å². The van der Waals surface area contributed by atoms with Gasteiger partial charge in [0, 0.05) is 23.9 Å². The molecule has 0 aliphatic carbocycles. The van der Waals surface area contributed by atoms with Gasteiger partial charge in [-0.1, -0.05) is 6.07 Å². The Morgan fingerprint density at radius 3 is 3.06 bits per heavy atom. The van der Waals surface area contributed by atoms with Gasteiger partial charge >= 0.3 is 0 Å². The number of nitrogens with one attached hydrogen (secondary N) is 1. The van der Waals surface area contributed by atoms with Crippen LogP contribution in [-0.4, -0.2) is 28.3 Å². The third-order valence-electron chi connectivity index (χ3n) is 3.53. The van der Waals surface area contributed by atoms with Crippen molar-refractivity contribution >= 4 is 17.6 Å². The van der Waals surface area contributed by atoms with Gasteiger partial charge in [-0.15, -0.1) is 0 Å². The third-order valence-corrected chi connectivity index (χ3v) is 4.73. The first kappa shape index (κ1) is 11.1. The van der Waals surface area contributed by atoms with Gasteiger partial charge in [0.05, 0.1) is 0 Å². The summed E-state index contributed by atoms with van der Waals surface area (Å²) in [6.45, 7) is 0.777. The third kappa shape index (κ3) is 1.95. The van der Waals surface area contributed by atoms with Crippen LogP contribution in [0.1, 0.15) is 24.0 Å². The molecule has 0 radical (unpaired) electrons. The quantitative estimate of drug-likeness (QED) is 0.829. The number of thioether (sulfide) groups is 1. The predicted molar refractivity (Wildman–Crippen MR) is 69.1 cm³/mol. The van der Waals surface area contributed by atoms with Crippen molar-refractivity contribution in [2.45, 2.75) is 25.4 Å². The summed E-state index contributed by atoms with van der Waals surface area (Å²) in [5.41, 5.74) is 1.87. The molecular weight excluding hydrogens is 235 g/mol. The highest BCUT2D eigenvalue weighted by Crippen LogP contribution is 2.30. The van der Waals surface area contributed by atoms with E-state index in [0.717, 1.165) is 29.8 Å². The molecule has 0 aromatic heterocycles. The molecule has 0 saturated carbocycles. The summed E-state index contributed by atoms with van der Waals surface area (Å²) in [6, 6.07) is 5.25. The van der Waals surface area contributed by atoms with E-state index in [4.69, 9.17) is 5.41 Å². The lowest BCUT2D eigenvalue weighted by Crippen LogP contribution is -2.39. The summed E-state index contributed by atoms with van der Waals surface area (Å²) in [5.74, 6) is 2.60. The second-order valence-electron chi connectivity index (χ2n) is 4.65. The van der Waals surface area contributed by atoms with Crippen LogP contribution in [0.25, 0.3) is 0 Å². The number of amidine groups is 1. The van der Waals surface area contributed by atoms with Gasteiger partial charge in [0.2, 0.25) is 0 Å². The smallest absolute Gasteiger partial charge is 0.129 e. The number of hydrogen-bond donors (Lipinski definition) is 1. The number of fused-ring (bicyclic) bond motifs is 1. The minimum Gasteiger partial charge on any atom is -0.348 e. The van der Waals surface area contributed by atoms with Crippen LogP contribution in [0.4, 0.5) is 4.39 Å². The minimum absolute atomic E-state index is 0.242. The molecule has 17 heavy (non-hydrogen) atoms. The molecule has 0 bridgehead atoms. The molecule has 2 aliphatic heterocycles. The predicted octanol–water partition coefficient (Wildman–Crippen LogP) is 2.86. The molecule has 4 heteroatoms. The van der Waals surface area contributed by atoms with E-state index in [1.807, 2.05) is 17.8 Å². The Morgan fingerprint density at radius 1 is 1.41 bits per heavy atom. The fraction of sp³-hybridized carbons (Fsp3) is 0.462. The van der Waals surface area contributed by atoms with Crippen LogP contribution in [0.15, 0.2) is 18.2 Å². The van der Waals surface area contributed by atoms with Crippen LogP contribution >= 0.6 is 11.8 Å². The van der Waals surface area contributed by atoms with Crippen molar-refractivity contribution in [3.8, 4) is 0 Å². The molecule has 2 nitrogen and oxygen atoms in total. The van der Waals surface area contributed by atoms with Gasteiger partial charge in [-0.25, -0.2) is 4.39 Å². The number of benzene rings is 1. The van der Waals surface area contributed by atoms with E-state index in [0.29, 0.717) is 11.9 Å². The summed E-state index contributed by atoms with van der Waals surface area (Å²) >= 11 is 1.96. The lowest BCUT2D eigenvalue weighted by Gasteiger charge is -2.32. The number of rotatable bonds is 1. The summed E-state index contributed by atoms with van der Waals surface area (Å²) in [6.07, 6.45) is 2.38. The fourth-order valence-electron chi connectivity index (χ4n) is 2.61. The summed E-state index contributed by atoms with van der Waals surface area (Å²) in [4.78, 5) is 2.14. The zero-order valence-corrected chi connectivity index (χ0v) is 10.4. The van der Waals surface area contributed by atoms with E-state index in [1.54, 1.807) is 0 Å². The lowest BCUT2D eigenvalue weighted by atomic mass is 10.1. The first-order valence-corrected chi connectivity index (χ1v) is 7.13. The lowest BCUT2D eigenvalue weighted by molar-refractivity contribution is 0.317. The van der Waals surface area contributed by atoms with Crippen molar-refractivity contribution in [3.63, 3.8) is 0 Å². The number of halogens is 1. The standard InChI is InChI=1S/C13H15FN2S/c14-10-4-3-9-7-16(13(15)12(9)6-10)11-2-1-5-17-8-11/h3-4,6,11,15H,1-2,5,7-8H2. The normalized spacial score (nSPS) is 23.9. The molecule has 0 spiro atoms. The molecule has 0 amide bonds. The Kier molecular flexibility index (Phi) is 2.82. The van der Waals surface area contributed by atoms with Crippen molar-refractivity contribution in [3.05, 3.63) is 35.1 Å². The molecule has 1 fully saturated rings. The first-order valence-electron chi connectivity index (χ1n) is 5.97. The maximum absolute atomic E-state index is 13.2. The van der Waals surface area contributed by atoms with E-state index in [-0.39, 0.29) is 5.82 Å². The van der Waals surface area contributed by atoms with Crippen LogP contribution in [-0.2, 0) is 6.54 Å². The highest BCUT2D eigenvalue weighted by molar-refractivity contribution is 7.99. The van der Waals surface area contributed by atoms with Crippen LogP contribution in [0, 0.1) is 11.2 Å². The Hall–Kier alpha value is -1.03. The van der Waals surface area contributed by atoms with Crippen molar-refractivity contribution in [1.29, 1.82) is 5.41 Å². The second kappa shape index (κ2) is 4.33. The number of nitrogens with zero attached hydrogens (tertiary/aromatic N) is 1. The molecule has 2 aliphatic rings. The molecule has 2 heterocycles. The minimum atomic E-state index is -0.242. The molecule has 1 aromatic rings. The maximum Gasteiger partial charge on any atom is 0.129 e. The van der Waals surface area contributed by atoms with Crippen LogP contribution < -0.4 is 0 Å². The van der Waals surface area contributed by atoms with Crippen molar-refractivity contribution in [2.24, 2.45) is 0 Å². The molecule has 1 N–H and O–H groups in total. The van der Waals surface area contributed by atoms with Gasteiger partial charge in [0.1, 0.15) is 11.7 Å². The molecular formula is C13H15FN2S. The molecule has 3 rings (SSSR count). The first-order chi connectivity index (χ1) is 8.25. The fourth-order valence-corrected chi connectivity index (χ4v) is 3.76. The summed E-state index contributed by atoms with van der Waals surface area (Å²) < 4.78 is 13.2. The zero-order chi connectivity index (χ0) is 11.8. The van der Waals surface area contributed by atoms with Gasteiger partial charge in [-0.3, -0.25) is 5.41 Å². The zero-order valence-electron chi connectivity index (χ0n) is 9.58. The largest absolute Gasteiger partial charge is 0.348 e. The molecule has 1 aromatic carbocycles. The summed E-state index contributed by atoms with van der Waals surface area (Å²) in [5, 5.41) is 8.17. The molecule has 1 atom stereocenters. The van der Waals surface area contributed by atoms with Crippen LogP contribution in [0.2, 0.25) is 0 Å². The van der Waals surface area contributed by atoms with Crippen molar-refractivity contribution < 1.29 is 4.39 Å². The highest BCUT2D eigenvalue weighted by atomic mass is 32.2. The number of hydrogen-bond acceptors (Lipinski definition) is 2. The molecule has 90 valence electrons. The van der Waals surface area contributed by atoms with E-state index in [9.17, 15) is 4.39 Å². The Bertz CT molecular complexity index is 455. The topological polar surface area (TPSA) is 27.1 Å². The Morgan fingerprint density at radius 2 is 2.29 bits per heavy atom. The van der Waals surface area contributed by atoms with Gasteiger partial charge < -0.3 is 4.90 Å². The summed E-state index contributed by atoms with van der Waals surface area (Å²) in [7, 11) is 0. The Balaban J connectivity index is 1.85. The van der Waals surface area contributed by atoms with Gasteiger partial charge in [0.15, 0.2) is 0 Å². The average Bonchev–Trinajstić information content (AvgIpc) is 2.68. The SMILES string of the molecule is N=C1c2cc(F)ccc2CN1C1CCCSC1. The molecule has 1 saturated heterocycles. The van der Waals surface area contributed by atoms with Gasteiger partial charge in [-0.05, 0) is 36.3 Å². The van der Waals surface area contributed by atoms with E-state index in [1.165, 1.54) is 24.3 Å². The second-order valence-corrected chi connectivity index (χ2v) is 5.80. The van der Waals surface area contributed by atoms with Gasteiger partial charge in [-0.2, -0.15) is 11.8 Å².